The average molecular weight is 344 g/mol. The van der Waals surface area contributed by atoms with Crippen LogP contribution in [0.5, 0.6) is 0 Å². The first-order chi connectivity index (χ1) is 12.0. The van der Waals surface area contributed by atoms with Gasteiger partial charge < -0.3 is 14.9 Å². The minimum atomic E-state index is -1.30. The summed E-state index contributed by atoms with van der Waals surface area (Å²) >= 11 is 0. The van der Waals surface area contributed by atoms with Gasteiger partial charge in [0.15, 0.2) is 0 Å². The summed E-state index contributed by atoms with van der Waals surface area (Å²) < 4.78 is 16.5. The van der Waals surface area contributed by atoms with Crippen LogP contribution in [-0.4, -0.2) is 26.6 Å². The molecule has 0 saturated heterocycles. The van der Waals surface area contributed by atoms with E-state index in [9.17, 15) is 19.1 Å². The lowest BCUT2D eigenvalue weighted by Crippen LogP contribution is -2.19. The van der Waals surface area contributed by atoms with Crippen LogP contribution in [0.4, 0.5) is 4.39 Å². The zero-order valence-corrected chi connectivity index (χ0v) is 13.4. The second kappa shape index (κ2) is 5.68. The van der Waals surface area contributed by atoms with E-state index in [-0.39, 0.29) is 22.9 Å². The zero-order valence-electron chi connectivity index (χ0n) is 13.4. The van der Waals surface area contributed by atoms with Gasteiger partial charge in [-0.2, -0.15) is 0 Å². The first-order valence-corrected chi connectivity index (χ1v) is 8.31. The fourth-order valence-electron chi connectivity index (χ4n) is 3.69. The largest absolute Gasteiger partial charge is 0.477 e. The van der Waals surface area contributed by atoms with E-state index < -0.39 is 17.2 Å². The number of aromatic carboxylic acids is 1. The number of rotatable bonds is 3. The van der Waals surface area contributed by atoms with E-state index in [0.29, 0.717) is 36.1 Å². The van der Waals surface area contributed by atoms with Gasteiger partial charge in [-0.1, -0.05) is 5.16 Å². The summed E-state index contributed by atoms with van der Waals surface area (Å²) in [5.41, 5.74) is 0.715. The highest BCUT2D eigenvalue weighted by atomic mass is 19.1. The van der Waals surface area contributed by atoms with Crippen LogP contribution >= 0.6 is 0 Å². The highest BCUT2D eigenvalue weighted by Crippen LogP contribution is 2.39. The molecule has 7 heteroatoms. The molecule has 2 N–H and O–H groups in total. The van der Waals surface area contributed by atoms with Crippen molar-refractivity contribution < 1.29 is 19.5 Å². The summed E-state index contributed by atoms with van der Waals surface area (Å²) in [6.07, 6.45) is 4.99. The van der Waals surface area contributed by atoms with Crippen molar-refractivity contribution >= 4 is 22.6 Å². The van der Waals surface area contributed by atoms with Gasteiger partial charge in [0.05, 0.1) is 11.2 Å². The molecule has 0 radical (unpaired) electrons. The van der Waals surface area contributed by atoms with Crippen molar-refractivity contribution in [2.75, 3.05) is 0 Å². The van der Waals surface area contributed by atoms with Crippen LogP contribution in [0, 0.1) is 5.82 Å². The summed E-state index contributed by atoms with van der Waals surface area (Å²) in [6, 6.07) is 2.98. The van der Waals surface area contributed by atoms with Gasteiger partial charge in [-0.3, -0.25) is 4.79 Å². The second-order valence-corrected chi connectivity index (χ2v) is 6.81. The third-order valence-electron chi connectivity index (χ3n) is 5.17. The van der Waals surface area contributed by atoms with Crippen LogP contribution in [0.2, 0.25) is 0 Å². The van der Waals surface area contributed by atoms with Crippen molar-refractivity contribution in [2.24, 2.45) is 5.16 Å². The van der Waals surface area contributed by atoms with E-state index in [0.717, 1.165) is 18.9 Å². The Kier molecular flexibility index (Phi) is 3.59. The van der Waals surface area contributed by atoms with Crippen molar-refractivity contribution in [1.82, 2.24) is 4.57 Å². The fourth-order valence-corrected chi connectivity index (χ4v) is 3.69. The van der Waals surface area contributed by atoms with Gasteiger partial charge in [-0.25, -0.2) is 9.18 Å². The Morgan fingerprint density at radius 1 is 1.28 bits per heavy atom. The monoisotopic (exact) mass is 344 g/mol. The summed E-state index contributed by atoms with van der Waals surface area (Å²) in [5, 5.41) is 21.5. The molecular weight excluding hydrogens is 327 g/mol. The molecule has 0 spiro atoms. The van der Waals surface area contributed by atoms with Crippen molar-refractivity contribution in [3.63, 3.8) is 0 Å². The molecule has 2 aliphatic rings. The number of benzene rings is 1. The highest BCUT2D eigenvalue weighted by molar-refractivity contribution is 5.93. The Labute approximate surface area is 142 Å². The maximum Gasteiger partial charge on any atom is 0.341 e. The lowest BCUT2D eigenvalue weighted by atomic mass is 9.95. The molecular formula is C18H17FN2O4. The Hall–Kier alpha value is -2.70. The van der Waals surface area contributed by atoms with Crippen LogP contribution in [-0.2, 0) is 0 Å². The summed E-state index contributed by atoms with van der Waals surface area (Å²) in [6.45, 7) is 0. The van der Waals surface area contributed by atoms with Crippen molar-refractivity contribution in [1.29, 1.82) is 0 Å². The quantitative estimate of drug-likeness (QED) is 0.660. The molecule has 2 aromatic rings. The Balaban J connectivity index is 1.93. The molecule has 0 aliphatic heterocycles. The standard InChI is InChI=1S/C18H17FN2O4/c19-15-6-13-16(7-12(15)9-1-2-10(5-9)20-25)21(11-3-4-11)8-14(17(13)22)18(23)24/h6-9,11,25H,1-5H2,(H,23,24). The first kappa shape index (κ1) is 15.8. The van der Waals surface area contributed by atoms with E-state index in [4.69, 9.17) is 5.21 Å². The van der Waals surface area contributed by atoms with Crippen LogP contribution < -0.4 is 5.43 Å². The number of pyridine rings is 1. The van der Waals surface area contributed by atoms with Gasteiger partial charge in [0.2, 0.25) is 5.43 Å². The number of nitrogens with zero attached hydrogens (tertiary/aromatic N) is 2. The molecule has 2 fully saturated rings. The molecule has 130 valence electrons. The van der Waals surface area contributed by atoms with Crippen molar-refractivity contribution in [3.8, 4) is 0 Å². The number of hydrogen-bond acceptors (Lipinski definition) is 4. The molecule has 1 heterocycles. The molecule has 25 heavy (non-hydrogen) atoms. The molecule has 0 amide bonds. The van der Waals surface area contributed by atoms with Crippen LogP contribution in [0.25, 0.3) is 10.9 Å². The maximum atomic E-state index is 14.7. The smallest absolute Gasteiger partial charge is 0.341 e. The Morgan fingerprint density at radius 2 is 2.04 bits per heavy atom. The van der Waals surface area contributed by atoms with E-state index in [1.807, 2.05) is 0 Å². The normalized spacial score (nSPS) is 22.0. The molecule has 1 aromatic carbocycles. The number of fused-ring (bicyclic) bond motifs is 1. The van der Waals surface area contributed by atoms with E-state index >= 15 is 0 Å². The molecule has 1 atom stereocenters. The van der Waals surface area contributed by atoms with Crippen LogP contribution in [0.3, 0.4) is 0 Å². The van der Waals surface area contributed by atoms with E-state index in [1.165, 1.54) is 6.20 Å². The molecule has 1 aromatic heterocycles. The topological polar surface area (TPSA) is 91.9 Å². The maximum absolute atomic E-state index is 14.7. The molecule has 0 bridgehead atoms. The molecule has 1 unspecified atom stereocenters. The molecule has 4 rings (SSSR count). The van der Waals surface area contributed by atoms with Crippen LogP contribution in [0.15, 0.2) is 28.3 Å². The lowest BCUT2D eigenvalue weighted by molar-refractivity contribution is 0.0695. The molecule has 2 aliphatic carbocycles. The average Bonchev–Trinajstić information content (AvgIpc) is 3.31. The Bertz CT molecular complexity index is 975. The molecule has 6 nitrogen and oxygen atoms in total. The van der Waals surface area contributed by atoms with Gasteiger partial charge in [0.25, 0.3) is 0 Å². The number of halogens is 1. The number of hydrogen-bond donors (Lipinski definition) is 2. The number of carboxylic acid groups (broad SMARTS) is 1. The predicted molar refractivity (Wildman–Crippen MR) is 89.2 cm³/mol. The van der Waals surface area contributed by atoms with Crippen molar-refractivity contribution in [3.05, 3.63) is 45.5 Å². The third kappa shape index (κ3) is 2.59. The fraction of sp³-hybridized carbons (Fsp3) is 0.389. The Morgan fingerprint density at radius 3 is 2.64 bits per heavy atom. The van der Waals surface area contributed by atoms with Gasteiger partial charge >= 0.3 is 5.97 Å². The number of oxime groups is 1. The van der Waals surface area contributed by atoms with Crippen LogP contribution in [0.1, 0.15) is 60.0 Å². The van der Waals surface area contributed by atoms with Gasteiger partial charge in [-0.05, 0) is 55.7 Å². The highest BCUT2D eigenvalue weighted by Gasteiger charge is 2.30. The number of aromatic nitrogens is 1. The summed E-state index contributed by atoms with van der Waals surface area (Å²) in [4.78, 5) is 23.8. The second-order valence-electron chi connectivity index (χ2n) is 6.81. The molecule has 2 saturated carbocycles. The lowest BCUT2D eigenvalue weighted by Gasteiger charge is -2.16. The minimum Gasteiger partial charge on any atom is -0.477 e. The predicted octanol–water partition coefficient (Wildman–Crippen LogP) is 3.27. The van der Waals surface area contributed by atoms with Crippen molar-refractivity contribution in [2.45, 2.75) is 44.1 Å². The van der Waals surface area contributed by atoms with E-state index in [1.54, 1.807) is 10.6 Å². The van der Waals surface area contributed by atoms with E-state index in [2.05, 4.69) is 5.16 Å². The number of carbonyl (C=O) groups is 1. The van der Waals surface area contributed by atoms with Gasteiger partial charge in [0, 0.05) is 17.6 Å². The van der Waals surface area contributed by atoms with Gasteiger partial charge in [-0.15, -0.1) is 0 Å². The SMILES string of the molecule is O=C(O)c1cn(C2CC2)c2cc(C3CCC(=NO)C3)c(F)cc2c1=O. The summed E-state index contributed by atoms with van der Waals surface area (Å²) in [5.74, 6) is -1.92. The third-order valence-corrected chi connectivity index (χ3v) is 5.17. The first-order valence-electron chi connectivity index (χ1n) is 8.31. The zero-order chi connectivity index (χ0) is 17.7. The number of carboxylic acids is 1. The minimum absolute atomic E-state index is 0.0992. The summed E-state index contributed by atoms with van der Waals surface area (Å²) in [7, 11) is 0. The van der Waals surface area contributed by atoms with Gasteiger partial charge in [0.1, 0.15) is 11.4 Å².